The zero-order chi connectivity index (χ0) is 38.4. The minimum absolute atomic E-state index is 0.0392. The summed E-state index contributed by atoms with van der Waals surface area (Å²) in [6.07, 6.45) is 0. The van der Waals surface area contributed by atoms with Crippen LogP contribution in [-0.4, -0.2) is 0 Å². The Morgan fingerprint density at radius 3 is 1.56 bits per heavy atom. The first-order valence-corrected chi connectivity index (χ1v) is 14.6. The summed E-state index contributed by atoms with van der Waals surface area (Å²) in [6.45, 7) is 0. The Morgan fingerprint density at radius 2 is 0.911 bits per heavy atom. The lowest BCUT2D eigenvalue weighted by atomic mass is 9.85. The van der Waals surface area contributed by atoms with Crippen molar-refractivity contribution in [3.63, 3.8) is 0 Å². The lowest BCUT2D eigenvalue weighted by molar-refractivity contribution is 0.669. The normalized spacial score (nSPS) is 14.7. The van der Waals surface area contributed by atoms with E-state index in [9.17, 15) is 5.48 Å². The lowest BCUT2D eigenvalue weighted by Gasteiger charge is -2.18. The van der Waals surface area contributed by atoms with E-state index in [1.54, 1.807) is 48.5 Å². The third kappa shape index (κ3) is 4.17. The van der Waals surface area contributed by atoms with Crippen LogP contribution in [0, 0.1) is 0 Å². The van der Waals surface area contributed by atoms with Crippen LogP contribution in [0.3, 0.4) is 0 Å². The molecule has 0 spiro atoms. The van der Waals surface area contributed by atoms with E-state index in [-0.39, 0.29) is 105 Å². The molecule has 0 aliphatic rings. The summed E-state index contributed by atoms with van der Waals surface area (Å²) in [7, 11) is 0. The van der Waals surface area contributed by atoms with Gasteiger partial charge in [-0.25, -0.2) is 0 Å². The standard InChI is InChI=1S/C44H28O/c1-3-13-29(14-4-1)31-17-11-18-32(27-31)42-35-19-7-9-21-37(35)43(38-22-10-8-20-36(38)42)33-25-26-39-41(28-33)45-40-24-12-23-34(44(39)40)30-15-5-2-6-16-30/h1-28H/i11D,12D,17D,18D,23D,24D,25D,26D,27D,28D. The lowest BCUT2D eigenvalue weighted by Crippen LogP contribution is -1.91. The number of benzene rings is 8. The fourth-order valence-corrected chi connectivity index (χ4v) is 6.28. The minimum atomic E-state index is -0.352. The average molecular weight is 583 g/mol. The molecule has 0 saturated heterocycles. The van der Waals surface area contributed by atoms with E-state index in [2.05, 4.69) is 0 Å². The zero-order valence-corrected chi connectivity index (χ0v) is 23.8. The summed E-state index contributed by atoms with van der Waals surface area (Å²) in [4.78, 5) is 0. The van der Waals surface area contributed by atoms with E-state index in [0.717, 1.165) is 0 Å². The molecule has 9 aromatic rings. The molecule has 1 nitrogen and oxygen atoms in total. The Hall–Kier alpha value is -5.92. The molecule has 1 heterocycles. The van der Waals surface area contributed by atoms with Gasteiger partial charge in [0, 0.05) is 10.8 Å². The molecule has 0 radical (unpaired) electrons. The van der Waals surface area contributed by atoms with Crippen LogP contribution in [-0.2, 0) is 0 Å². The molecule has 0 bridgehead atoms. The van der Waals surface area contributed by atoms with Crippen molar-refractivity contribution in [2.24, 2.45) is 0 Å². The van der Waals surface area contributed by atoms with Gasteiger partial charge in [-0.15, -0.1) is 0 Å². The first-order valence-electron chi connectivity index (χ1n) is 19.6. The molecule has 0 fully saturated rings. The highest BCUT2D eigenvalue weighted by Crippen LogP contribution is 2.45. The third-order valence-electron chi connectivity index (χ3n) is 8.25. The number of hydrogen-bond donors (Lipinski definition) is 0. The van der Waals surface area contributed by atoms with E-state index in [1.165, 1.54) is 0 Å². The van der Waals surface area contributed by atoms with Gasteiger partial charge in [0.15, 0.2) is 0 Å². The maximum Gasteiger partial charge on any atom is 0.136 e. The van der Waals surface area contributed by atoms with Gasteiger partial charge in [-0.3, -0.25) is 0 Å². The van der Waals surface area contributed by atoms with Crippen LogP contribution in [0.5, 0.6) is 0 Å². The van der Waals surface area contributed by atoms with Gasteiger partial charge in [0.25, 0.3) is 0 Å². The third-order valence-corrected chi connectivity index (χ3v) is 8.25. The second kappa shape index (κ2) is 10.4. The fraction of sp³-hybridized carbons (Fsp3) is 0. The SMILES string of the molecule is [2H]c1c([2H])c(-c2ccccc2)c([2H])c(-c2c3ccccc3c(-c3c([2H])c([2H])c4c(oc5c([2H])c([2H])c([2H])c(-c6ccccc6)c54)c3[2H])c3ccccc23)c1[2H]. The monoisotopic (exact) mass is 582 g/mol. The molecule has 1 heteroatoms. The molecule has 8 aromatic carbocycles. The van der Waals surface area contributed by atoms with Crippen molar-refractivity contribution in [2.75, 3.05) is 0 Å². The highest BCUT2D eigenvalue weighted by molar-refractivity contribution is 6.22. The minimum Gasteiger partial charge on any atom is -0.456 e. The number of hydrogen-bond acceptors (Lipinski definition) is 1. The van der Waals surface area contributed by atoms with Gasteiger partial charge in [-0.1, -0.05) is 145 Å². The van der Waals surface area contributed by atoms with Crippen molar-refractivity contribution in [1.29, 1.82) is 0 Å². The number of rotatable bonds is 4. The molecule has 0 N–H and O–H groups in total. The van der Waals surface area contributed by atoms with E-state index in [1.807, 2.05) is 60.7 Å². The molecule has 0 atom stereocenters. The summed E-state index contributed by atoms with van der Waals surface area (Å²) < 4.78 is 97.3. The van der Waals surface area contributed by atoms with Gasteiger partial charge >= 0.3 is 0 Å². The molecule has 210 valence electrons. The van der Waals surface area contributed by atoms with Crippen molar-refractivity contribution < 1.29 is 18.1 Å². The van der Waals surface area contributed by atoms with Crippen LogP contribution in [0.1, 0.15) is 13.7 Å². The molecule has 45 heavy (non-hydrogen) atoms. The first kappa shape index (κ1) is 17.4. The van der Waals surface area contributed by atoms with Crippen LogP contribution in [0.25, 0.3) is 88.0 Å². The van der Waals surface area contributed by atoms with Crippen LogP contribution >= 0.6 is 0 Å². The molecular weight excluding hydrogens is 544 g/mol. The molecule has 9 rings (SSSR count). The number of furan rings is 1. The Balaban J connectivity index is 1.42. The van der Waals surface area contributed by atoms with Gasteiger partial charge < -0.3 is 4.42 Å². The molecule has 1 aromatic heterocycles. The predicted molar refractivity (Wildman–Crippen MR) is 190 cm³/mol. The Kier molecular flexibility index (Phi) is 4.01. The summed E-state index contributed by atoms with van der Waals surface area (Å²) in [5, 5.41) is 2.67. The van der Waals surface area contributed by atoms with Gasteiger partial charge in [0.2, 0.25) is 0 Å². The van der Waals surface area contributed by atoms with Crippen LogP contribution in [0.15, 0.2) is 174 Å². The summed E-state index contributed by atoms with van der Waals surface area (Å²) in [5.74, 6) is 0. The quantitative estimate of drug-likeness (QED) is 0.188. The molecular formula is C44H28O. The topological polar surface area (TPSA) is 13.1 Å². The molecule has 0 unspecified atom stereocenters. The smallest absolute Gasteiger partial charge is 0.136 e. The Labute approximate surface area is 275 Å². The van der Waals surface area contributed by atoms with Gasteiger partial charge in [-0.05, 0) is 90.2 Å². The maximum atomic E-state index is 9.65. The summed E-state index contributed by atoms with van der Waals surface area (Å²) >= 11 is 0. The van der Waals surface area contributed by atoms with E-state index in [4.69, 9.17) is 12.6 Å². The van der Waals surface area contributed by atoms with Crippen molar-refractivity contribution in [1.82, 2.24) is 0 Å². The van der Waals surface area contributed by atoms with Crippen LogP contribution in [0.2, 0.25) is 0 Å². The molecule has 0 amide bonds. The largest absolute Gasteiger partial charge is 0.456 e. The first-order chi connectivity index (χ1) is 26.5. The molecule has 0 saturated carbocycles. The van der Waals surface area contributed by atoms with Gasteiger partial charge in [0.1, 0.15) is 11.2 Å². The second-order valence-corrected chi connectivity index (χ2v) is 10.8. The highest BCUT2D eigenvalue weighted by atomic mass is 16.3. The zero-order valence-electron chi connectivity index (χ0n) is 33.8. The second-order valence-electron chi connectivity index (χ2n) is 10.8. The van der Waals surface area contributed by atoms with Crippen molar-refractivity contribution >= 4 is 43.5 Å². The Bertz CT molecular complexity index is 3030. The van der Waals surface area contributed by atoms with Gasteiger partial charge in [0.05, 0.1) is 13.7 Å². The predicted octanol–water partition coefficient (Wildman–Crippen LogP) is 12.6. The molecule has 0 aliphatic carbocycles. The Morgan fingerprint density at radius 1 is 0.378 bits per heavy atom. The van der Waals surface area contributed by atoms with Gasteiger partial charge in [-0.2, -0.15) is 0 Å². The van der Waals surface area contributed by atoms with Crippen molar-refractivity contribution in [3.05, 3.63) is 170 Å². The van der Waals surface area contributed by atoms with E-state index in [0.29, 0.717) is 43.8 Å². The van der Waals surface area contributed by atoms with Crippen LogP contribution < -0.4 is 0 Å². The number of fused-ring (bicyclic) bond motifs is 5. The highest BCUT2D eigenvalue weighted by Gasteiger charge is 2.19. The fourth-order valence-electron chi connectivity index (χ4n) is 6.28. The van der Waals surface area contributed by atoms with E-state index >= 15 is 0 Å². The van der Waals surface area contributed by atoms with Crippen molar-refractivity contribution in [3.8, 4) is 44.5 Å². The molecule has 0 aliphatic heterocycles. The maximum absolute atomic E-state index is 9.65. The average Bonchev–Trinajstić information content (AvgIpc) is 3.61. The summed E-state index contributed by atoms with van der Waals surface area (Å²) in [6, 6.07) is 30.0. The summed E-state index contributed by atoms with van der Waals surface area (Å²) in [5.41, 5.74) is 2.85. The van der Waals surface area contributed by atoms with E-state index < -0.39 is 0 Å². The van der Waals surface area contributed by atoms with Crippen molar-refractivity contribution in [2.45, 2.75) is 0 Å². The van der Waals surface area contributed by atoms with Crippen LogP contribution in [0.4, 0.5) is 0 Å².